The Balaban J connectivity index is 2.53. The van der Waals surface area contributed by atoms with Crippen LogP contribution in [0.15, 0.2) is 35.2 Å². The molecule has 0 amide bonds. The van der Waals surface area contributed by atoms with Crippen LogP contribution in [0.25, 0.3) is 0 Å². The largest absolute Gasteiger partial charge is 0.478 e. The molecule has 0 heterocycles. The fourth-order valence-corrected chi connectivity index (χ4v) is 3.54. The van der Waals surface area contributed by atoms with E-state index in [-0.39, 0.29) is 16.1 Å². The number of aryl methyl sites for hydroxylation is 2. The van der Waals surface area contributed by atoms with Gasteiger partial charge in [0.2, 0.25) is 0 Å². The van der Waals surface area contributed by atoms with Gasteiger partial charge in [0.15, 0.2) is 0 Å². The highest BCUT2D eigenvalue weighted by Crippen LogP contribution is 2.25. The third-order valence-corrected chi connectivity index (χ3v) is 5.02. The second-order valence-electron chi connectivity index (χ2n) is 5.31. The van der Waals surface area contributed by atoms with Crippen molar-refractivity contribution in [1.82, 2.24) is 0 Å². The van der Waals surface area contributed by atoms with Gasteiger partial charge in [0, 0.05) is 0 Å². The highest BCUT2D eigenvalue weighted by Gasteiger charge is 2.22. The number of halogens is 1. The van der Waals surface area contributed by atoms with Crippen LogP contribution >= 0.6 is 0 Å². The molecule has 2 rings (SSSR count). The maximum Gasteiger partial charge on any atom is 0.335 e. The number of sulfonamides is 1. The molecular weight excluding hydrogens is 321 g/mol. The van der Waals surface area contributed by atoms with Crippen molar-refractivity contribution in [1.29, 1.82) is 0 Å². The second-order valence-corrected chi connectivity index (χ2v) is 6.96. The molecule has 0 unspecified atom stereocenters. The van der Waals surface area contributed by atoms with E-state index < -0.39 is 21.8 Å². The number of aromatic carboxylic acids is 1. The van der Waals surface area contributed by atoms with E-state index in [0.717, 1.165) is 6.07 Å². The summed E-state index contributed by atoms with van der Waals surface area (Å²) in [5.74, 6) is -1.93. The first-order valence-electron chi connectivity index (χ1n) is 6.75. The number of hydrogen-bond donors (Lipinski definition) is 2. The summed E-state index contributed by atoms with van der Waals surface area (Å²) in [5, 5.41) is 9.08. The number of carboxylic acid groups (broad SMARTS) is 1. The smallest absolute Gasteiger partial charge is 0.335 e. The van der Waals surface area contributed by atoms with Crippen molar-refractivity contribution in [3.05, 3.63) is 58.4 Å². The zero-order valence-corrected chi connectivity index (χ0v) is 13.7. The molecule has 2 aromatic rings. The van der Waals surface area contributed by atoms with Crippen molar-refractivity contribution in [3.63, 3.8) is 0 Å². The summed E-state index contributed by atoms with van der Waals surface area (Å²) in [6.07, 6.45) is 0. The van der Waals surface area contributed by atoms with Crippen molar-refractivity contribution in [3.8, 4) is 0 Å². The van der Waals surface area contributed by atoms with E-state index in [2.05, 4.69) is 4.72 Å². The maximum atomic E-state index is 13.9. The Morgan fingerprint density at radius 3 is 2.35 bits per heavy atom. The minimum Gasteiger partial charge on any atom is -0.478 e. The molecular formula is C16H16FNO4S. The average molecular weight is 337 g/mol. The molecule has 0 aliphatic carbocycles. The van der Waals surface area contributed by atoms with Gasteiger partial charge in [-0.25, -0.2) is 17.6 Å². The summed E-state index contributed by atoms with van der Waals surface area (Å²) in [5.41, 5.74) is 1.27. The van der Waals surface area contributed by atoms with Crippen LogP contribution in [0.2, 0.25) is 0 Å². The number of rotatable bonds is 4. The van der Waals surface area contributed by atoms with Gasteiger partial charge in [-0.15, -0.1) is 0 Å². The minimum absolute atomic E-state index is 0.141. The molecule has 0 aliphatic heterocycles. The van der Waals surface area contributed by atoms with Gasteiger partial charge in [-0.3, -0.25) is 4.72 Å². The number of hydrogen-bond acceptors (Lipinski definition) is 3. The Morgan fingerprint density at radius 1 is 1.13 bits per heavy atom. The molecule has 0 bridgehead atoms. The first-order valence-corrected chi connectivity index (χ1v) is 8.23. The monoisotopic (exact) mass is 337 g/mol. The van der Waals surface area contributed by atoms with Gasteiger partial charge in [-0.05, 0) is 61.7 Å². The first-order chi connectivity index (χ1) is 10.6. The average Bonchev–Trinajstić information content (AvgIpc) is 2.44. The molecule has 0 aliphatic rings. The summed E-state index contributed by atoms with van der Waals surface area (Å²) in [7, 11) is -4.11. The Kier molecular flexibility index (Phi) is 4.42. The summed E-state index contributed by atoms with van der Waals surface area (Å²) in [4.78, 5) is 10.9. The van der Waals surface area contributed by atoms with E-state index in [1.54, 1.807) is 26.8 Å². The van der Waals surface area contributed by atoms with Gasteiger partial charge in [0.25, 0.3) is 10.0 Å². The van der Waals surface area contributed by atoms with E-state index in [1.165, 1.54) is 18.2 Å². The molecule has 7 heteroatoms. The molecule has 0 aromatic heterocycles. The standard InChI is InChI=1S/C16H16FNO4S/c1-9-4-5-14(13(17)6-9)18-23(21,22)15-8-12(16(19)20)7-10(2)11(15)3/h4-8,18H,1-3H3,(H,19,20). The van der Waals surface area contributed by atoms with E-state index in [0.29, 0.717) is 16.7 Å². The number of anilines is 1. The Labute approximate surface area is 133 Å². The molecule has 0 fully saturated rings. The SMILES string of the molecule is Cc1ccc(NS(=O)(=O)c2cc(C(=O)O)cc(C)c2C)c(F)c1. The third-order valence-electron chi connectivity index (χ3n) is 3.53. The van der Waals surface area contributed by atoms with Crippen molar-refractivity contribution < 1.29 is 22.7 Å². The van der Waals surface area contributed by atoms with Gasteiger partial charge >= 0.3 is 5.97 Å². The number of carbonyl (C=O) groups is 1. The molecule has 0 atom stereocenters. The fraction of sp³-hybridized carbons (Fsp3) is 0.188. The summed E-state index contributed by atoms with van der Waals surface area (Å²) in [6.45, 7) is 4.87. The van der Waals surface area contributed by atoms with Crippen LogP contribution in [0, 0.1) is 26.6 Å². The zero-order chi connectivity index (χ0) is 17.4. The van der Waals surface area contributed by atoms with Gasteiger partial charge in [-0.2, -0.15) is 0 Å². The van der Waals surface area contributed by atoms with E-state index in [1.807, 2.05) is 0 Å². The summed E-state index contributed by atoms with van der Waals surface area (Å²) < 4.78 is 41.1. The molecule has 2 aromatic carbocycles. The van der Waals surface area contributed by atoms with Gasteiger partial charge < -0.3 is 5.11 Å². The molecule has 0 radical (unpaired) electrons. The van der Waals surface area contributed by atoms with Crippen LogP contribution in [-0.2, 0) is 10.0 Å². The summed E-state index contributed by atoms with van der Waals surface area (Å²) in [6, 6.07) is 6.57. The number of nitrogens with one attached hydrogen (secondary N) is 1. The van der Waals surface area contributed by atoms with Crippen LogP contribution in [-0.4, -0.2) is 19.5 Å². The highest BCUT2D eigenvalue weighted by molar-refractivity contribution is 7.92. The second kappa shape index (κ2) is 6.00. The molecule has 0 saturated heterocycles. The Bertz CT molecular complexity index is 891. The molecule has 5 nitrogen and oxygen atoms in total. The van der Waals surface area contributed by atoms with Crippen LogP contribution in [0.1, 0.15) is 27.0 Å². The highest BCUT2D eigenvalue weighted by atomic mass is 32.2. The van der Waals surface area contributed by atoms with Crippen LogP contribution in [0.3, 0.4) is 0 Å². The normalized spacial score (nSPS) is 11.3. The lowest BCUT2D eigenvalue weighted by atomic mass is 10.1. The van der Waals surface area contributed by atoms with Gasteiger partial charge in [0.1, 0.15) is 5.82 Å². The lowest BCUT2D eigenvalue weighted by molar-refractivity contribution is 0.0696. The van der Waals surface area contributed by atoms with E-state index in [4.69, 9.17) is 5.11 Å². The molecule has 0 saturated carbocycles. The zero-order valence-electron chi connectivity index (χ0n) is 12.8. The van der Waals surface area contributed by atoms with Gasteiger partial charge in [-0.1, -0.05) is 6.07 Å². The number of benzene rings is 2. The Hall–Kier alpha value is -2.41. The first kappa shape index (κ1) is 17.0. The lowest BCUT2D eigenvalue weighted by Crippen LogP contribution is -2.16. The quantitative estimate of drug-likeness (QED) is 0.897. The van der Waals surface area contributed by atoms with Crippen molar-refractivity contribution in [2.24, 2.45) is 0 Å². The Morgan fingerprint density at radius 2 is 1.78 bits per heavy atom. The van der Waals surface area contributed by atoms with Crippen LogP contribution in [0.5, 0.6) is 0 Å². The van der Waals surface area contributed by atoms with Crippen molar-refractivity contribution >= 4 is 21.7 Å². The van der Waals surface area contributed by atoms with Crippen molar-refractivity contribution in [2.75, 3.05) is 4.72 Å². The predicted octanol–water partition coefficient (Wildman–Crippen LogP) is 3.25. The molecule has 23 heavy (non-hydrogen) atoms. The van der Waals surface area contributed by atoms with E-state index in [9.17, 15) is 17.6 Å². The third kappa shape index (κ3) is 3.50. The van der Waals surface area contributed by atoms with Crippen LogP contribution in [0.4, 0.5) is 10.1 Å². The fourth-order valence-electron chi connectivity index (χ4n) is 2.13. The molecule has 0 spiro atoms. The minimum atomic E-state index is -4.11. The summed E-state index contributed by atoms with van der Waals surface area (Å²) >= 11 is 0. The molecule has 2 N–H and O–H groups in total. The van der Waals surface area contributed by atoms with Gasteiger partial charge in [0.05, 0.1) is 16.1 Å². The predicted molar refractivity (Wildman–Crippen MR) is 84.8 cm³/mol. The molecule has 122 valence electrons. The number of carboxylic acids is 1. The van der Waals surface area contributed by atoms with Crippen LogP contribution < -0.4 is 4.72 Å². The van der Waals surface area contributed by atoms with E-state index >= 15 is 0 Å². The lowest BCUT2D eigenvalue weighted by Gasteiger charge is -2.14. The topological polar surface area (TPSA) is 83.5 Å². The van der Waals surface area contributed by atoms with Crippen molar-refractivity contribution in [2.45, 2.75) is 25.7 Å². The maximum absolute atomic E-state index is 13.9.